The number of nitrogens with one attached hydrogen (secondary N) is 1. The van der Waals surface area contributed by atoms with Gasteiger partial charge in [-0.25, -0.2) is 13.4 Å². The van der Waals surface area contributed by atoms with Crippen molar-refractivity contribution in [3.8, 4) is 0 Å². The van der Waals surface area contributed by atoms with Gasteiger partial charge in [-0.2, -0.15) is 4.31 Å². The molecule has 1 amide bonds. The summed E-state index contributed by atoms with van der Waals surface area (Å²) in [6.45, 7) is 12.7. The second-order valence-electron chi connectivity index (χ2n) is 9.26. The minimum atomic E-state index is -3.88. The van der Waals surface area contributed by atoms with E-state index in [0.29, 0.717) is 51.5 Å². The Hall–Kier alpha value is -1.71. The molecule has 9 heteroatoms. The molecule has 8 nitrogen and oxygen atoms in total. The molecule has 2 aliphatic rings. The molecule has 0 radical (unpaired) electrons. The number of nitrogens with zero attached hydrogens (tertiary/aromatic N) is 3. The maximum Gasteiger partial charge on any atom is 0.247 e. The van der Waals surface area contributed by atoms with Gasteiger partial charge in [0.1, 0.15) is 16.8 Å². The van der Waals surface area contributed by atoms with Gasteiger partial charge in [0.25, 0.3) is 0 Å². The van der Waals surface area contributed by atoms with Gasteiger partial charge in [-0.1, -0.05) is 6.92 Å². The number of carbonyl (C=O) groups is 1. The molecule has 0 unspecified atom stereocenters. The van der Waals surface area contributed by atoms with E-state index in [9.17, 15) is 13.2 Å². The summed E-state index contributed by atoms with van der Waals surface area (Å²) in [5, 5.41) is 2.99. The topological polar surface area (TPSA) is 91.8 Å². The Labute approximate surface area is 186 Å². The monoisotopic (exact) mass is 452 g/mol. The second kappa shape index (κ2) is 9.42. The van der Waals surface area contributed by atoms with Crippen LogP contribution in [0.2, 0.25) is 0 Å². The Morgan fingerprint density at radius 2 is 2.16 bits per heavy atom. The zero-order valence-corrected chi connectivity index (χ0v) is 20.2. The molecule has 0 aliphatic carbocycles. The first-order valence-corrected chi connectivity index (χ1v) is 12.6. The van der Waals surface area contributed by atoms with Crippen LogP contribution >= 0.6 is 0 Å². The fourth-order valence-corrected chi connectivity index (χ4v) is 6.17. The Bertz CT molecular complexity index is 897. The molecule has 3 heterocycles. The molecule has 1 aromatic heterocycles. The average molecular weight is 453 g/mol. The molecule has 3 rings (SSSR count). The van der Waals surface area contributed by atoms with Gasteiger partial charge in [0, 0.05) is 43.4 Å². The van der Waals surface area contributed by atoms with Crippen molar-refractivity contribution >= 4 is 21.7 Å². The maximum absolute atomic E-state index is 13.7. The van der Waals surface area contributed by atoms with Crippen LogP contribution in [-0.4, -0.2) is 68.5 Å². The van der Waals surface area contributed by atoms with E-state index in [0.717, 1.165) is 12.1 Å². The van der Waals surface area contributed by atoms with Gasteiger partial charge >= 0.3 is 0 Å². The van der Waals surface area contributed by atoms with E-state index in [4.69, 9.17) is 4.74 Å². The fraction of sp³-hybridized carbons (Fsp3) is 0.727. The lowest BCUT2D eigenvalue weighted by molar-refractivity contribution is -0.124. The number of hydrogen-bond donors (Lipinski definition) is 1. The molecule has 1 aromatic rings. The first-order valence-electron chi connectivity index (χ1n) is 11.2. The summed E-state index contributed by atoms with van der Waals surface area (Å²) in [5.41, 5.74) is 0.668. The lowest BCUT2D eigenvalue weighted by Gasteiger charge is -2.31. The number of hydrogen-bond acceptors (Lipinski definition) is 6. The summed E-state index contributed by atoms with van der Waals surface area (Å²) in [6.07, 6.45) is 2.07. The lowest BCUT2D eigenvalue weighted by atomic mass is 9.90. The first-order chi connectivity index (χ1) is 14.6. The van der Waals surface area contributed by atoms with Crippen molar-refractivity contribution in [1.82, 2.24) is 14.6 Å². The smallest absolute Gasteiger partial charge is 0.247 e. The van der Waals surface area contributed by atoms with Gasteiger partial charge < -0.3 is 15.0 Å². The van der Waals surface area contributed by atoms with Crippen LogP contribution in [0.15, 0.2) is 17.0 Å². The highest BCUT2D eigenvalue weighted by molar-refractivity contribution is 7.89. The number of carbonyl (C=O) groups excluding carboxylic acids is 1. The lowest BCUT2D eigenvalue weighted by Crippen LogP contribution is -2.48. The van der Waals surface area contributed by atoms with E-state index in [-0.39, 0.29) is 22.3 Å². The highest BCUT2D eigenvalue weighted by Gasteiger charge is 2.42. The number of pyridine rings is 1. The highest BCUT2D eigenvalue weighted by Crippen LogP contribution is 2.33. The number of aromatic nitrogens is 1. The molecular weight excluding hydrogens is 416 g/mol. The molecule has 0 aromatic carbocycles. The number of anilines is 1. The number of amides is 1. The summed E-state index contributed by atoms with van der Waals surface area (Å²) >= 11 is 0. The standard InChI is InChI=1S/C22H36N4O4S/c1-6-25(16(2)3)20-19(10-9-17(4)24-20)31(28,29)26-12-7-8-18(26)21(27)23-14-22(5)11-13-30-15-22/h9-10,16,18H,6-8,11-15H2,1-5H3,(H,23,27)/t18-,22+/m0/s1. The zero-order chi connectivity index (χ0) is 22.8. The van der Waals surface area contributed by atoms with Crippen LogP contribution in [0.1, 0.15) is 52.7 Å². The van der Waals surface area contributed by atoms with Crippen molar-refractivity contribution in [2.24, 2.45) is 5.41 Å². The predicted molar refractivity (Wildman–Crippen MR) is 121 cm³/mol. The summed E-state index contributed by atoms with van der Waals surface area (Å²) in [5.74, 6) is 0.228. The van der Waals surface area contributed by atoms with Crippen LogP contribution in [0.3, 0.4) is 0 Å². The van der Waals surface area contributed by atoms with Crippen LogP contribution in [0.4, 0.5) is 5.82 Å². The number of aryl methyl sites for hydroxylation is 1. The number of sulfonamides is 1. The Kier molecular flexibility index (Phi) is 7.28. The van der Waals surface area contributed by atoms with Crippen LogP contribution in [0, 0.1) is 12.3 Å². The van der Waals surface area contributed by atoms with E-state index < -0.39 is 16.1 Å². The molecular formula is C22H36N4O4S. The predicted octanol–water partition coefficient (Wildman–Crippen LogP) is 2.32. The third kappa shape index (κ3) is 5.04. The normalized spacial score (nSPS) is 24.6. The Morgan fingerprint density at radius 3 is 2.77 bits per heavy atom. The van der Waals surface area contributed by atoms with Crippen LogP contribution in [0.25, 0.3) is 0 Å². The largest absolute Gasteiger partial charge is 0.381 e. The molecule has 2 aliphatic heterocycles. The third-order valence-corrected chi connectivity index (χ3v) is 8.23. The number of ether oxygens (including phenoxy) is 1. The van der Waals surface area contributed by atoms with E-state index in [1.54, 1.807) is 12.1 Å². The minimum absolute atomic E-state index is 0.0924. The molecule has 0 saturated carbocycles. The van der Waals surface area contributed by atoms with Gasteiger partial charge in [-0.05, 0) is 59.1 Å². The van der Waals surface area contributed by atoms with Gasteiger partial charge in [-0.15, -0.1) is 0 Å². The Morgan fingerprint density at radius 1 is 1.42 bits per heavy atom. The summed E-state index contributed by atoms with van der Waals surface area (Å²) in [6, 6.07) is 2.75. The van der Waals surface area contributed by atoms with Crippen molar-refractivity contribution in [3.63, 3.8) is 0 Å². The van der Waals surface area contributed by atoms with Crippen molar-refractivity contribution in [2.45, 2.75) is 70.9 Å². The van der Waals surface area contributed by atoms with Crippen LogP contribution in [-0.2, 0) is 19.6 Å². The van der Waals surface area contributed by atoms with Gasteiger partial charge in [0.05, 0.1) is 6.61 Å². The SMILES string of the molecule is CCN(c1nc(C)ccc1S(=O)(=O)N1CCC[C@H]1C(=O)NC[C@@]1(C)CCOC1)C(C)C. The molecule has 174 valence electrons. The maximum atomic E-state index is 13.7. The molecule has 0 spiro atoms. The van der Waals surface area contributed by atoms with Crippen LogP contribution in [0.5, 0.6) is 0 Å². The summed E-state index contributed by atoms with van der Waals surface area (Å²) in [4.78, 5) is 19.7. The van der Waals surface area contributed by atoms with Crippen LogP contribution < -0.4 is 10.2 Å². The fourth-order valence-electron chi connectivity index (χ4n) is 4.38. The molecule has 0 bridgehead atoms. The van der Waals surface area contributed by atoms with Gasteiger partial charge in [0.15, 0.2) is 0 Å². The van der Waals surface area contributed by atoms with Crippen molar-refractivity contribution in [3.05, 3.63) is 17.8 Å². The quantitative estimate of drug-likeness (QED) is 0.651. The van der Waals surface area contributed by atoms with Crippen molar-refractivity contribution in [2.75, 3.05) is 37.7 Å². The zero-order valence-electron chi connectivity index (χ0n) is 19.3. The Balaban J connectivity index is 1.86. The first kappa shape index (κ1) is 23.9. The second-order valence-corrected chi connectivity index (χ2v) is 11.1. The third-order valence-electron chi connectivity index (χ3n) is 6.30. The average Bonchev–Trinajstić information content (AvgIpc) is 3.36. The van der Waals surface area contributed by atoms with E-state index >= 15 is 0 Å². The minimum Gasteiger partial charge on any atom is -0.381 e. The van der Waals surface area contributed by atoms with Gasteiger partial charge in [0.2, 0.25) is 15.9 Å². The van der Waals surface area contributed by atoms with Crippen molar-refractivity contribution < 1.29 is 17.9 Å². The molecule has 1 N–H and O–H groups in total. The van der Waals surface area contributed by atoms with Gasteiger partial charge in [-0.3, -0.25) is 4.79 Å². The molecule has 2 saturated heterocycles. The van der Waals surface area contributed by atoms with E-state index in [2.05, 4.69) is 17.2 Å². The summed E-state index contributed by atoms with van der Waals surface area (Å²) in [7, 11) is -3.88. The number of rotatable bonds is 8. The summed E-state index contributed by atoms with van der Waals surface area (Å²) < 4.78 is 34.2. The van der Waals surface area contributed by atoms with E-state index in [1.807, 2.05) is 32.6 Å². The molecule has 2 atom stereocenters. The van der Waals surface area contributed by atoms with Crippen molar-refractivity contribution in [1.29, 1.82) is 0 Å². The molecule has 2 fully saturated rings. The highest BCUT2D eigenvalue weighted by atomic mass is 32.2. The van der Waals surface area contributed by atoms with E-state index in [1.165, 1.54) is 4.31 Å². The molecule has 31 heavy (non-hydrogen) atoms.